The van der Waals surface area contributed by atoms with Gasteiger partial charge in [0.1, 0.15) is 5.58 Å². The van der Waals surface area contributed by atoms with Gasteiger partial charge in [0.2, 0.25) is 5.76 Å². The Kier molecular flexibility index (Phi) is 5.55. The van der Waals surface area contributed by atoms with Crippen LogP contribution in [0.15, 0.2) is 40.8 Å². The first-order chi connectivity index (χ1) is 14.5. The average Bonchev–Trinajstić information content (AvgIpc) is 3.20. The molecule has 0 aliphatic carbocycles. The second-order valence-electron chi connectivity index (χ2n) is 7.45. The molecule has 1 fully saturated rings. The highest BCUT2D eigenvalue weighted by atomic mass is 16.5. The zero-order valence-electron chi connectivity index (χ0n) is 17.5. The van der Waals surface area contributed by atoms with E-state index in [1.165, 1.54) is 0 Å². The summed E-state index contributed by atoms with van der Waals surface area (Å²) in [6.07, 6.45) is 0. The second kappa shape index (κ2) is 8.28. The van der Waals surface area contributed by atoms with E-state index in [0.717, 1.165) is 66.4 Å². The fourth-order valence-corrected chi connectivity index (χ4v) is 4.15. The monoisotopic (exact) mass is 410 g/mol. The Morgan fingerprint density at radius 2 is 1.87 bits per heavy atom. The van der Waals surface area contributed by atoms with E-state index in [0.29, 0.717) is 5.58 Å². The van der Waals surface area contributed by atoms with Crippen LogP contribution in [-0.4, -0.2) is 56.4 Å². The van der Waals surface area contributed by atoms with Gasteiger partial charge in [-0.2, -0.15) is 0 Å². The Balaban J connectivity index is 1.47. The number of benzene rings is 2. The number of carbonyl (C=O) groups is 1. The predicted molar refractivity (Wildman–Crippen MR) is 115 cm³/mol. The third kappa shape index (κ3) is 3.68. The largest absolute Gasteiger partial charge is 0.493 e. The van der Waals surface area contributed by atoms with Crippen LogP contribution in [0.25, 0.3) is 11.0 Å². The first-order valence-electron chi connectivity index (χ1n) is 9.95. The van der Waals surface area contributed by atoms with E-state index in [4.69, 9.17) is 13.9 Å². The highest BCUT2D eigenvalue weighted by Gasteiger charge is 2.22. The number of hydrogen-bond donors (Lipinski definition) is 1. The Morgan fingerprint density at radius 1 is 1.10 bits per heavy atom. The molecule has 0 amide bonds. The molecule has 1 aromatic heterocycles. The van der Waals surface area contributed by atoms with Crippen molar-refractivity contribution in [2.45, 2.75) is 13.5 Å². The number of hydrogen-bond acceptors (Lipinski definition) is 6. The number of furan rings is 1. The average molecular weight is 410 g/mol. The highest BCUT2D eigenvalue weighted by molar-refractivity contribution is 5.94. The van der Waals surface area contributed by atoms with Crippen LogP contribution < -0.4 is 14.4 Å². The molecule has 7 heteroatoms. The topological polar surface area (TPSA) is 75.4 Å². The lowest BCUT2D eigenvalue weighted by Gasteiger charge is -2.37. The molecule has 0 unspecified atom stereocenters. The van der Waals surface area contributed by atoms with Crippen LogP contribution in [0.5, 0.6) is 11.5 Å². The molecule has 0 atom stereocenters. The minimum Gasteiger partial charge on any atom is -0.493 e. The Hall–Kier alpha value is -3.19. The normalized spacial score (nSPS) is 14.8. The summed E-state index contributed by atoms with van der Waals surface area (Å²) >= 11 is 0. The number of fused-ring (bicyclic) bond motifs is 1. The van der Waals surface area contributed by atoms with E-state index < -0.39 is 5.97 Å². The summed E-state index contributed by atoms with van der Waals surface area (Å²) in [7, 11) is 3.32. The molecule has 4 rings (SSSR count). The number of anilines is 1. The summed E-state index contributed by atoms with van der Waals surface area (Å²) in [6.45, 7) is 6.44. The van der Waals surface area contributed by atoms with Gasteiger partial charge in [-0.3, -0.25) is 4.90 Å². The van der Waals surface area contributed by atoms with Crippen LogP contribution in [-0.2, 0) is 6.54 Å². The molecular formula is C23H26N2O5. The zero-order valence-corrected chi connectivity index (χ0v) is 17.5. The minimum atomic E-state index is -1.05. The molecule has 3 aromatic rings. The molecule has 30 heavy (non-hydrogen) atoms. The lowest BCUT2D eigenvalue weighted by molar-refractivity contribution is 0.0665. The number of para-hydroxylation sites is 1. The van der Waals surface area contributed by atoms with Gasteiger partial charge in [-0.05, 0) is 36.8 Å². The van der Waals surface area contributed by atoms with Gasteiger partial charge in [-0.25, -0.2) is 4.79 Å². The van der Waals surface area contributed by atoms with Crippen molar-refractivity contribution in [3.8, 4) is 11.5 Å². The Bertz CT molecular complexity index is 1070. The molecule has 0 spiro atoms. The van der Waals surface area contributed by atoms with Crippen molar-refractivity contribution >= 4 is 22.6 Å². The van der Waals surface area contributed by atoms with Crippen molar-refractivity contribution < 1.29 is 23.8 Å². The molecule has 1 saturated heterocycles. The molecule has 1 aliphatic heterocycles. The third-order valence-corrected chi connectivity index (χ3v) is 5.74. The van der Waals surface area contributed by atoms with Crippen molar-refractivity contribution in [3.63, 3.8) is 0 Å². The van der Waals surface area contributed by atoms with Gasteiger partial charge < -0.3 is 23.9 Å². The molecule has 0 bridgehead atoms. The summed E-state index contributed by atoms with van der Waals surface area (Å²) in [5.41, 5.74) is 3.89. The maximum Gasteiger partial charge on any atom is 0.371 e. The van der Waals surface area contributed by atoms with Gasteiger partial charge in [0.25, 0.3) is 0 Å². The van der Waals surface area contributed by atoms with E-state index in [1.807, 2.05) is 31.2 Å². The Morgan fingerprint density at radius 3 is 2.53 bits per heavy atom. The number of carboxylic acid groups (broad SMARTS) is 1. The van der Waals surface area contributed by atoms with Crippen molar-refractivity contribution in [2.24, 2.45) is 0 Å². The minimum absolute atomic E-state index is 0.0256. The standard InChI is InChI=1S/C23H26N2O5/c1-15-17-13-21(23(26)27)30-19(17)8-7-18(15)25-11-9-24(10-12-25)14-16-5-4-6-20(28-2)22(16)29-3/h4-8,13H,9-12,14H2,1-3H3,(H,26,27). The lowest BCUT2D eigenvalue weighted by atomic mass is 10.1. The number of rotatable bonds is 6. The predicted octanol–water partition coefficient (Wildman–Crippen LogP) is 3.78. The second-order valence-corrected chi connectivity index (χ2v) is 7.45. The van der Waals surface area contributed by atoms with E-state index in [1.54, 1.807) is 20.3 Å². The molecule has 1 N–H and O–H groups in total. The SMILES string of the molecule is COc1cccc(CN2CCN(c3ccc4oc(C(=O)O)cc4c3C)CC2)c1OC. The molecular weight excluding hydrogens is 384 g/mol. The van der Waals surface area contributed by atoms with E-state index >= 15 is 0 Å². The molecule has 2 aromatic carbocycles. The maximum absolute atomic E-state index is 11.2. The number of ether oxygens (including phenoxy) is 2. The lowest BCUT2D eigenvalue weighted by Crippen LogP contribution is -2.46. The quantitative estimate of drug-likeness (QED) is 0.663. The number of piperazine rings is 1. The summed E-state index contributed by atoms with van der Waals surface area (Å²) in [6, 6.07) is 11.5. The van der Waals surface area contributed by atoms with Crippen LogP contribution in [0, 0.1) is 6.92 Å². The van der Waals surface area contributed by atoms with Crippen molar-refractivity contribution in [2.75, 3.05) is 45.3 Å². The fourth-order valence-electron chi connectivity index (χ4n) is 4.15. The first-order valence-corrected chi connectivity index (χ1v) is 9.95. The van der Waals surface area contributed by atoms with Gasteiger partial charge in [0.15, 0.2) is 11.5 Å². The van der Waals surface area contributed by atoms with Crippen molar-refractivity contribution in [1.29, 1.82) is 0 Å². The molecule has 158 valence electrons. The van der Waals surface area contributed by atoms with Crippen LogP contribution in [0.3, 0.4) is 0 Å². The van der Waals surface area contributed by atoms with E-state index in [9.17, 15) is 9.90 Å². The van der Waals surface area contributed by atoms with E-state index in [-0.39, 0.29) is 5.76 Å². The number of aryl methyl sites for hydroxylation is 1. The molecule has 7 nitrogen and oxygen atoms in total. The van der Waals surface area contributed by atoms with Crippen molar-refractivity contribution in [3.05, 3.63) is 53.3 Å². The number of nitrogens with zero attached hydrogens (tertiary/aromatic N) is 2. The maximum atomic E-state index is 11.2. The third-order valence-electron chi connectivity index (χ3n) is 5.74. The zero-order chi connectivity index (χ0) is 21.3. The number of methoxy groups -OCH3 is 2. The molecule has 2 heterocycles. The molecule has 0 saturated carbocycles. The van der Waals surface area contributed by atoms with Crippen molar-refractivity contribution in [1.82, 2.24) is 4.90 Å². The van der Waals surface area contributed by atoms with Gasteiger partial charge in [0.05, 0.1) is 14.2 Å². The summed E-state index contributed by atoms with van der Waals surface area (Å²) in [4.78, 5) is 16.0. The van der Waals surface area contributed by atoms with Gasteiger partial charge >= 0.3 is 5.97 Å². The fraction of sp³-hybridized carbons (Fsp3) is 0.348. The summed E-state index contributed by atoms with van der Waals surface area (Å²) < 4.78 is 16.4. The summed E-state index contributed by atoms with van der Waals surface area (Å²) in [5.74, 6) is 0.465. The van der Waals surface area contributed by atoms with Crippen LogP contribution >= 0.6 is 0 Å². The number of carboxylic acids is 1. The van der Waals surface area contributed by atoms with Gasteiger partial charge in [-0.15, -0.1) is 0 Å². The molecule has 1 aliphatic rings. The van der Waals surface area contributed by atoms with Crippen LogP contribution in [0.2, 0.25) is 0 Å². The number of aromatic carboxylic acids is 1. The summed E-state index contributed by atoms with van der Waals surface area (Å²) in [5, 5.41) is 10.0. The van der Waals surface area contributed by atoms with Gasteiger partial charge in [0, 0.05) is 49.4 Å². The van der Waals surface area contributed by atoms with Crippen LogP contribution in [0.4, 0.5) is 5.69 Å². The van der Waals surface area contributed by atoms with Crippen LogP contribution in [0.1, 0.15) is 21.7 Å². The first kappa shape index (κ1) is 20.1. The molecule has 0 radical (unpaired) electrons. The van der Waals surface area contributed by atoms with E-state index in [2.05, 4.69) is 15.9 Å². The smallest absolute Gasteiger partial charge is 0.371 e. The Labute approximate surface area is 175 Å². The highest BCUT2D eigenvalue weighted by Crippen LogP contribution is 2.33. The van der Waals surface area contributed by atoms with Gasteiger partial charge in [-0.1, -0.05) is 12.1 Å².